The minimum absolute atomic E-state index is 0.0325. The first-order chi connectivity index (χ1) is 16.5. The number of carbonyl (C=O) groups is 3. The van der Waals surface area contributed by atoms with E-state index >= 15 is 0 Å². The molecule has 1 saturated carbocycles. The fourth-order valence-corrected chi connectivity index (χ4v) is 6.30. The number of benzene rings is 2. The number of piperidine rings is 1. The Hall–Kier alpha value is -3.35. The van der Waals surface area contributed by atoms with Crippen molar-refractivity contribution in [2.75, 3.05) is 6.61 Å². The molecule has 2 aromatic carbocycles. The second-order valence-corrected chi connectivity index (χ2v) is 10.1. The van der Waals surface area contributed by atoms with Gasteiger partial charge in [-0.2, -0.15) is 0 Å². The van der Waals surface area contributed by atoms with Gasteiger partial charge in [-0.25, -0.2) is 4.79 Å². The summed E-state index contributed by atoms with van der Waals surface area (Å²) in [5.41, 5.74) is 3.72. The Balaban J connectivity index is 1.12. The van der Waals surface area contributed by atoms with Crippen molar-refractivity contribution >= 4 is 18.0 Å². The smallest absolute Gasteiger partial charge is 0.408 e. The molecule has 2 amide bonds. The average Bonchev–Trinajstić information content (AvgIpc) is 3.48. The van der Waals surface area contributed by atoms with Crippen LogP contribution < -0.4 is 5.32 Å². The lowest BCUT2D eigenvalue weighted by atomic mass is 9.90. The van der Waals surface area contributed by atoms with E-state index in [1.807, 2.05) is 29.2 Å². The third-order valence-electron chi connectivity index (χ3n) is 8.16. The standard InChI is InChI=1S/C27H28N2O5/c30-24(31)16-13-17-9-10-18(14-16)29(17)25(32)27(11-12-27)28-26(33)34-15-23-21-7-3-1-5-19(21)20-6-2-4-8-22(20)23/h1-8,16-18,23H,9-15H2,(H,28,33)(H,30,31). The fourth-order valence-electron chi connectivity index (χ4n) is 6.30. The van der Waals surface area contributed by atoms with Crippen molar-refractivity contribution in [3.8, 4) is 11.1 Å². The van der Waals surface area contributed by atoms with Crippen molar-refractivity contribution < 1.29 is 24.2 Å². The number of carboxylic acids is 1. The Morgan fingerprint density at radius 3 is 2.03 bits per heavy atom. The Morgan fingerprint density at radius 2 is 1.50 bits per heavy atom. The van der Waals surface area contributed by atoms with Crippen LogP contribution in [0.5, 0.6) is 0 Å². The Morgan fingerprint density at radius 1 is 0.941 bits per heavy atom. The monoisotopic (exact) mass is 460 g/mol. The lowest BCUT2D eigenvalue weighted by Crippen LogP contribution is -2.57. The predicted octanol–water partition coefficient (Wildman–Crippen LogP) is 3.91. The molecule has 2 atom stereocenters. The third-order valence-corrected chi connectivity index (χ3v) is 8.16. The summed E-state index contributed by atoms with van der Waals surface area (Å²) in [7, 11) is 0. The van der Waals surface area contributed by atoms with Crippen LogP contribution in [0.25, 0.3) is 11.1 Å². The van der Waals surface area contributed by atoms with E-state index in [2.05, 4.69) is 29.6 Å². The molecule has 176 valence electrons. The van der Waals surface area contributed by atoms with Gasteiger partial charge in [0.1, 0.15) is 12.1 Å². The van der Waals surface area contributed by atoms with Crippen LogP contribution in [0.4, 0.5) is 4.79 Å². The van der Waals surface area contributed by atoms with Crippen molar-refractivity contribution in [2.45, 2.75) is 62.1 Å². The van der Waals surface area contributed by atoms with Crippen LogP contribution in [0.1, 0.15) is 55.6 Å². The minimum Gasteiger partial charge on any atom is -0.481 e. The van der Waals surface area contributed by atoms with Crippen molar-refractivity contribution in [3.63, 3.8) is 0 Å². The van der Waals surface area contributed by atoms with E-state index in [-0.39, 0.29) is 36.4 Å². The second-order valence-electron chi connectivity index (χ2n) is 10.1. The van der Waals surface area contributed by atoms with E-state index in [0.29, 0.717) is 25.7 Å². The number of aliphatic carboxylic acids is 1. The molecule has 34 heavy (non-hydrogen) atoms. The molecule has 2 unspecified atom stereocenters. The lowest BCUT2D eigenvalue weighted by Gasteiger charge is -2.39. The van der Waals surface area contributed by atoms with Crippen LogP contribution in [0.3, 0.4) is 0 Å². The highest BCUT2D eigenvalue weighted by Gasteiger charge is 2.58. The highest BCUT2D eigenvalue weighted by molar-refractivity contribution is 5.93. The normalized spacial score (nSPS) is 25.9. The van der Waals surface area contributed by atoms with Crippen LogP contribution in [0, 0.1) is 5.92 Å². The van der Waals surface area contributed by atoms with Gasteiger partial charge in [-0.3, -0.25) is 9.59 Å². The summed E-state index contributed by atoms with van der Waals surface area (Å²) in [6.45, 7) is 0.208. The molecule has 2 aliphatic carbocycles. The topological polar surface area (TPSA) is 95.9 Å². The van der Waals surface area contributed by atoms with Gasteiger partial charge in [0.15, 0.2) is 0 Å². The maximum absolute atomic E-state index is 13.5. The molecule has 3 fully saturated rings. The molecule has 4 aliphatic rings. The molecule has 7 nitrogen and oxygen atoms in total. The van der Waals surface area contributed by atoms with Crippen LogP contribution in [0.15, 0.2) is 48.5 Å². The predicted molar refractivity (Wildman–Crippen MR) is 124 cm³/mol. The first kappa shape index (κ1) is 21.2. The van der Waals surface area contributed by atoms with Gasteiger partial charge in [0, 0.05) is 18.0 Å². The van der Waals surface area contributed by atoms with Gasteiger partial charge in [-0.15, -0.1) is 0 Å². The summed E-state index contributed by atoms with van der Waals surface area (Å²) in [5, 5.41) is 12.3. The van der Waals surface area contributed by atoms with Crippen LogP contribution >= 0.6 is 0 Å². The molecule has 2 aliphatic heterocycles. The van der Waals surface area contributed by atoms with E-state index < -0.39 is 17.6 Å². The van der Waals surface area contributed by atoms with Crippen molar-refractivity contribution in [2.24, 2.45) is 5.92 Å². The van der Waals surface area contributed by atoms with Gasteiger partial charge in [0.25, 0.3) is 0 Å². The summed E-state index contributed by atoms with van der Waals surface area (Å²) >= 11 is 0. The SMILES string of the molecule is O=C(NC1(C(=O)N2C3CCC2CC(C(=O)O)C3)CC1)OCC1c2ccccc2-c2ccccc21. The van der Waals surface area contributed by atoms with E-state index in [1.54, 1.807) is 0 Å². The minimum atomic E-state index is -0.903. The molecule has 2 saturated heterocycles. The number of fused-ring (bicyclic) bond motifs is 5. The average molecular weight is 461 g/mol. The summed E-state index contributed by atoms with van der Waals surface area (Å²) < 4.78 is 5.67. The van der Waals surface area contributed by atoms with Crippen molar-refractivity contribution in [3.05, 3.63) is 59.7 Å². The summed E-state index contributed by atoms with van der Waals surface area (Å²) in [5.74, 6) is -1.26. The van der Waals surface area contributed by atoms with E-state index in [9.17, 15) is 19.5 Å². The largest absolute Gasteiger partial charge is 0.481 e. The molecular formula is C27H28N2O5. The number of carboxylic acid groups (broad SMARTS) is 1. The highest BCUT2D eigenvalue weighted by atomic mass is 16.5. The van der Waals surface area contributed by atoms with Crippen molar-refractivity contribution in [1.29, 1.82) is 0 Å². The fraction of sp³-hybridized carbons (Fsp3) is 0.444. The molecule has 7 heteroatoms. The van der Waals surface area contributed by atoms with Gasteiger partial charge in [-0.05, 0) is 60.8 Å². The molecule has 2 aromatic rings. The van der Waals surface area contributed by atoms with E-state index in [1.165, 1.54) is 11.1 Å². The van der Waals surface area contributed by atoms with Crippen LogP contribution in [-0.2, 0) is 14.3 Å². The van der Waals surface area contributed by atoms with Gasteiger partial charge in [0.2, 0.25) is 5.91 Å². The molecule has 0 aromatic heterocycles. The molecule has 0 spiro atoms. The summed E-state index contributed by atoms with van der Waals surface area (Å²) in [6.07, 6.45) is 3.28. The zero-order valence-electron chi connectivity index (χ0n) is 18.9. The van der Waals surface area contributed by atoms with Gasteiger partial charge in [-0.1, -0.05) is 48.5 Å². The molecule has 2 bridgehead atoms. The quantitative estimate of drug-likeness (QED) is 0.705. The number of alkyl carbamates (subject to hydrolysis) is 1. The summed E-state index contributed by atoms with van der Waals surface area (Å²) in [4.78, 5) is 39.6. The van der Waals surface area contributed by atoms with Gasteiger partial charge >= 0.3 is 12.1 Å². The third kappa shape index (κ3) is 3.37. The number of hydrogen-bond donors (Lipinski definition) is 2. The lowest BCUT2D eigenvalue weighted by molar-refractivity contribution is -0.149. The number of rotatable bonds is 5. The molecular weight excluding hydrogens is 432 g/mol. The second kappa shape index (κ2) is 7.86. The molecule has 2 N–H and O–H groups in total. The van der Waals surface area contributed by atoms with Gasteiger partial charge in [0.05, 0.1) is 5.92 Å². The van der Waals surface area contributed by atoms with E-state index in [4.69, 9.17) is 4.74 Å². The number of nitrogens with one attached hydrogen (secondary N) is 1. The Bertz CT molecular complexity index is 1110. The number of ether oxygens (including phenoxy) is 1. The zero-order chi connectivity index (χ0) is 23.4. The van der Waals surface area contributed by atoms with E-state index in [0.717, 1.165) is 24.0 Å². The molecule has 0 radical (unpaired) electrons. The first-order valence-electron chi connectivity index (χ1n) is 12.2. The van der Waals surface area contributed by atoms with Crippen molar-refractivity contribution in [1.82, 2.24) is 10.2 Å². The summed E-state index contributed by atoms with van der Waals surface area (Å²) in [6, 6.07) is 16.3. The maximum atomic E-state index is 13.5. The Labute approximate surface area is 198 Å². The number of nitrogens with zero attached hydrogens (tertiary/aromatic N) is 1. The number of amides is 2. The number of carbonyl (C=O) groups excluding carboxylic acids is 2. The van der Waals surface area contributed by atoms with Crippen LogP contribution in [-0.4, -0.2) is 52.2 Å². The zero-order valence-corrected chi connectivity index (χ0v) is 18.9. The number of hydrogen-bond acceptors (Lipinski definition) is 4. The van der Waals surface area contributed by atoms with Crippen LogP contribution in [0.2, 0.25) is 0 Å². The maximum Gasteiger partial charge on any atom is 0.408 e. The highest BCUT2D eigenvalue weighted by Crippen LogP contribution is 2.46. The molecule has 6 rings (SSSR count). The Kier molecular flexibility index (Phi) is 4.90. The van der Waals surface area contributed by atoms with Gasteiger partial charge < -0.3 is 20.1 Å². The molecule has 2 heterocycles. The first-order valence-corrected chi connectivity index (χ1v) is 12.2.